The van der Waals surface area contributed by atoms with Crippen molar-refractivity contribution in [2.75, 3.05) is 5.32 Å². The first kappa shape index (κ1) is 18.5. The first-order chi connectivity index (χ1) is 12.5. The minimum atomic E-state index is -2.99. The van der Waals surface area contributed by atoms with Crippen molar-refractivity contribution in [1.29, 1.82) is 0 Å². The summed E-state index contributed by atoms with van der Waals surface area (Å²) in [6.07, 6.45) is 1.34. The molecule has 1 amide bonds. The fraction of sp³-hybridized carbons (Fsp3) is 0.316. The van der Waals surface area contributed by atoms with Crippen molar-refractivity contribution in [2.45, 2.75) is 36.9 Å². The van der Waals surface area contributed by atoms with Crippen molar-refractivity contribution in [3.8, 4) is 5.75 Å². The minimum absolute atomic E-state index is 0.123. The Balaban J connectivity index is 1.66. The second kappa shape index (κ2) is 7.95. The molecule has 1 N–H and O–H groups in total. The zero-order valence-corrected chi connectivity index (χ0v) is 15.0. The van der Waals surface area contributed by atoms with Crippen molar-refractivity contribution in [2.24, 2.45) is 0 Å². The number of ether oxygens (including phenoxy) is 1. The number of hydrogen-bond acceptors (Lipinski definition) is 3. The molecule has 0 unspecified atom stereocenters. The van der Waals surface area contributed by atoms with E-state index in [1.165, 1.54) is 18.2 Å². The van der Waals surface area contributed by atoms with E-state index in [2.05, 4.69) is 10.1 Å². The first-order valence-corrected chi connectivity index (χ1v) is 9.54. The van der Waals surface area contributed by atoms with Gasteiger partial charge in [0.05, 0.1) is 5.69 Å². The largest absolute Gasteiger partial charge is 0.433 e. The van der Waals surface area contributed by atoms with Crippen LogP contribution in [0, 0.1) is 0 Å². The summed E-state index contributed by atoms with van der Waals surface area (Å²) in [5.41, 5.74) is 2.46. The SMILES string of the molecule is C[C@@H](C(=O)Nc1ccccc1OC(F)F)[S@](=O)C1Cc2ccccc2C1. The molecule has 2 aromatic carbocycles. The van der Waals surface area contributed by atoms with Gasteiger partial charge in [-0.25, -0.2) is 0 Å². The zero-order valence-electron chi connectivity index (χ0n) is 14.2. The third-order valence-corrected chi connectivity index (χ3v) is 6.32. The number of nitrogens with one attached hydrogen (secondary N) is 1. The van der Waals surface area contributed by atoms with Crippen LogP contribution in [0.4, 0.5) is 14.5 Å². The van der Waals surface area contributed by atoms with E-state index in [0.29, 0.717) is 12.8 Å². The van der Waals surface area contributed by atoms with Gasteiger partial charge in [-0.15, -0.1) is 0 Å². The fourth-order valence-corrected chi connectivity index (χ4v) is 4.61. The normalized spacial score (nSPS) is 16.2. The number of fused-ring (bicyclic) bond motifs is 1. The van der Waals surface area contributed by atoms with Gasteiger partial charge in [-0.05, 0) is 43.0 Å². The summed E-state index contributed by atoms with van der Waals surface area (Å²) in [6, 6.07) is 13.9. The summed E-state index contributed by atoms with van der Waals surface area (Å²) in [6.45, 7) is -1.40. The Hall–Kier alpha value is -2.28. The summed E-state index contributed by atoms with van der Waals surface area (Å²) < 4.78 is 42.2. The third-order valence-electron chi connectivity index (χ3n) is 4.42. The van der Waals surface area contributed by atoms with Crippen LogP contribution in [0.3, 0.4) is 0 Å². The lowest BCUT2D eigenvalue weighted by Crippen LogP contribution is -2.34. The number of para-hydroxylation sites is 2. The molecular formula is C19H19F2NO3S. The Morgan fingerprint density at radius 1 is 1.12 bits per heavy atom. The molecular weight excluding hydrogens is 360 g/mol. The van der Waals surface area contributed by atoms with E-state index < -0.39 is 28.6 Å². The molecule has 1 aliphatic rings. The second-order valence-corrected chi connectivity index (χ2v) is 8.16. The molecule has 0 fully saturated rings. The van der Waals surface area contributed by atoms with Crippen LogP contribution in [0.25, 0.3) is 0 Å². The molecule has 0 saturated heterocycles. The van der Waals surface area contributed by atoms with E-state index >= 15 is 0 Å². The number of benzene rings is 2. The molecule has 2 atom stereocenters. The van der Waals surface area contributed by atoms with Gasteiger partial charge >= 0.3 is 6.61 Å². The highest BCUT2D eigenvalue weighted by atomic mass is 32.2. The summed E-state index contributed by atoms with van der Waals surface area (Å²) in [4.78, 5) is 12.5. The summed E-state index contributed by atoms with van der Waals surface area (Å²) in [5.74, 6) is -0.605. The van der Waals surface area contributed by atoms with Gasteiger partial charge in [-0.1, -0.05) is 36.4 Å². The highest BCUT2D eigenvalue weighted by Gasteiger charge is 2.32. The van der Waals surface area contributed by atoms with E-state index in [0.717, 1.165) is 11.1 Å². The van der Waals surface area contributed by atoms with Crippen LogP contribution in [0.15, 0.2) is 48.5 Å². The molecule has 2 aromatic rings. The standard InChI is InChI=1S/C19H19F2NO3S/c1-12(26(24)15-10-13-6-2-3-7-14(13)11-15)18(23)22-16-8-4-5-9-17(16)25-19(20)21/h2-9,12,15,19H,10-11H2,1H3,(H,22,23)/t12-,26-/m0/s1. The highest BCUT2D eigenvalue weighted by Crippen LogP contribution is 2.28. The molecule has 0 heterocycles. The summed E-state index contributed by atoms with van der Waals surface area (Å²) >= 11 is 0. The Bertz CT molecular complexity index is 803. The molecule has 7 heteroatoms. The highest BCUT2D eigenvalue weighted by molar-refractivity contribution is 7.87. The van der Waals surface area contributed by atoms with Gasteiger partial charge in [0, 0.05) is 16.0 Å². The number of rotatable bonds is 6. The molecule has 138 valence electrons. The van der Waals surface area contributed by atoms with Crippen LogP contribution >= 0.6 is 0 Å². The van der Waals surface area contributed by atoms with Gasteiger partial charge in [-0.3, -0.25) is 9.00 Å². The number of carbonyl (C=O) groups is 1. The molecule has 0 aliphatic heterocycles. The van der Waals surface area contributed by atoms with E-state index in [1.54, 1.807) is 13.0 Å². The van der Waals surface area contributed by atoms with E-state index in [-0.39, 0.29) is 16.7 Å². The molecule has 3 rings (SSSR count). The maximum Gasteiger partial charge on any atom is 0.387 e. The third kappa shape index (κ3) is 4.09. The number of hydrogen-bond donors (Lipinski definition) is 1. The molecule has 0 bridgehead atoms. The number of halogens is 2. The monoisotopic (exact) mass is 379 g/mol. The molecule has 0 radical (unpaired) electrons. The minimum Gasteiger partial charge on any atom is -0.433 e. The Labute approximate surface area is 153 Å². The van der Waals surface area contributed by atoms with Crippen molar-refractivity contribution >= 4 is 22.4 Å². The van der Waals surface area contributed by atoms with Crippen molar-refractivity contribution in [3.63, 3.8) is 0 Å². The van der Waals surface area contributed by atoms with Gasteiger partial charge in [0.1, 0.15) is 11.0 Å². The van der Waals surface area contributed by atoms with Crippen molar-refractivity contribution in [1.82, 2.24) is 0 Å². The van der Waals surface area contributed by atoms with Crippen LogP contribution in [-0.2, 0) is 28.4 Å². The quantitative estimate of drug-likeness (QED) is 0.835. The van der Waals surface area contributed by atoms with Crippen LogP contribution < -0.4 is 10.1 Å². The van der Waals surface area contributed by atoms with Crippen LogP contribution in [0.1, 0.15) is 18.1 Å². The molecule has 0 saturated carbocycles. The number of carbonyl (C=O) groups excluding carboxylic acids is 1. The summed E-state index contributed by atoms with van der Waals surface area (Å²) in [5, 5.41) is 1.66. The van der Waals surface area contributed by atoms with E-state index in [9.17, 15) is 17.8 Å². The predicted molar refractivity (Wildman–Crippen MR) is 96.9 cm³/mol. The van der Waals surface area contributed by atoms with Crippen molar-refractivity contribution in [3.05, 3.63) is 59.7 Å². The second-order valence-electron chi connectivity index (χ2n) is 6.13. The zero-order chi connectivity index (χ0) is 18.7. The molecule has 0 spiro atoms. The predicted octanol–water partition coefficient (Wildman–Crippen LogP) is 3.53. The molecule has 1 aliphatic carbocycles. The van der Waals surface area contributed by atoms with E-state index in [4.69, 9.17) is 0 Å². The Kier molecular flexibility index (Phi) is 5.66. The lowest BCUT2D eigenvalue weighted by molar-refractivity contribution is -0.115. The molecule has 26 heavy (non-hydrogen) atoms. The molecule has 0 aromatic heterocycles. The van der Waals surface area contributed by atoms with Gasteiger partial charge in [0.15, 0.2) is 0 Å². The molecule has 4 nitrogen and oxygen atoms in total. The van der Waals surface area contributed by atoms with Gasteiger partial charge in [-0.2, -0.15) is 8.78 Å². The fourth-order valence-electron chi connectivity index (χ4n) is 3.08. The van der Waals surface area contributed by atoms with E-state index in [1.807, 2.05) is 24.3 Å². The topological polar surface area (TPSA) is 55.4 Å². The van der Waals surface area contributed by atoms with Crippen LogP contribution in [0.5, 0.6) is 5.75 Å². The lowest BCUT2D eigenvalue weighted by Gasteiger charge is -2.17. The average molecular weight is 379 g/mol. The smallest absolute Gasteiger partial charge is 0.387 e. The van der Waals surface area contributed by atoms with Gasteiger partial charge in [0.2, 0.25) is 5.91 Å². The number of amides is 1. The maximum absolute atomic E-state index is 12.8. The maximum atomic E-state index is 12.8. The summed E-state index contributed by atoms with van der Waals surface area (Å²) in [7, 11) is -1.39. The number of alkyl halides is 2. The lowest BCUT2D eigenvalue weighted by atomic mass is 10.1. The Morgan fingerprint density at radius 3 is 2.31 bits per heavy atom. The van der Waals surface area contributed by atoms with Gasteiger partial charge < -0.3 is 10.1 Å². The first-order valence-electron chi connectivity index (χ1n) is 8.26. The van der Waals surface area contributed by atoms with Gasteiger partial charge in [0.25, 0.3) is 0 Å². The van der Waals surface area contributed by atoms with Crippen molar-refractivity contribution < 1.29 is 22.5 Å². The van der Waals surface area contributed by atoms with Crippen LogP contribution in [0.2, 0.25) is 0 Å². The van der Waals surface area contributed by atoms with Crippen LogP contribution in [-0.4, -0.2) is 27.2 Å². The average Bonchev–Trinajstić information content (AvgIpc) is 3.05. The Morgan fingerprint density at radius 2 is 1.69 bits per heavy atom. The number of anilines is 1.